The van der Waals surface area contributed by atoms with Crippen molar-refractivity contribution in [3.8, 4) is 0 Å². The van der Waals surface area contributed by atoms with E-state index in [9.17, 15) is 0 Å². The van der Waals surface area contributed by atoms with Gasteiger partial charge in [-0.15, -0.1) is 0 Å². The second-order valence-corrected chi connectivity index (χ2v) is 8.49. The number of ether oxygens (including phenoxy) is 2. The van der Waals surface area contributed by atoms with Crippen molar-refractivity contribution in [2.24, 2.45) is 5.41 Å². The van der Waals surface area contributed by atoms with Crippen molar-refractivity contribution in [3.63, 3.8) is 0 Å². The highest BCUT2D eigenvalue weighted by Gasteiger charge is 2.20. The largest absolute Gasteiger partial charge is 0.374 e. The van der Waals surface area contributed by atoms with Crippen molar-refractivity contribution < 1.29 is 9.47 Å². The zero-order chi connectivity index (χ0) is 15.3. The molecule has 0 aliphatic carbocycles. The van der Waals surface area contributed by atoms with E-state index in [-0.39, 0.29) is 22.7 Å². The Balaban J connectivity index is 4.30. The van der Waals surface area contributed by atoms with Gasteiger partial charge in [-0.25, -0.2) is 0 Å². The Morgan fingerprint density at radius 2 is 1.11 bits per heavy atom. The van der Waals surface area contributed by atoms with Crippen LogP contribution in [0, 0.1) is 5.41 Å². The molecule has 0 rings (SSSR count). The van der Waals surface area contributed by atoms with Crippen molar-refractivity contribution >= 4 is 0 Å². The fourth-order valence-electron chi connectivity index (χ4n) is 1.32. The van der Waals surface area contributed by atoms with Gasteiger partial charge in [0.15, 0.2) is 0 Å². The van der Waals surface area contributed by atoms with Crippen molar-refractivity contribution in [1.29, 1.82) is 0 Å². The topological polar surface area (TPSA) is 30.5 Å². The standard InChI is InChI=1S/C16H35NO2/c1-14(2,3)12-17-13(10-18-15(4,5)6)11-19-16(7,8)9/h13,17H,10-12H2,1-9H3. The van der Waals surface area contributed by atoms with Crippen LogP contribution in [-0.4, -0.2) is 37.0 Å². The predicted molar refractivity (Wildman–Crippen MR) is 82.7 cm³/mol. The number of hydrogen-bond donors (Lipinski definition) is 1. The first-order valence-corrected chi connectivity index (χ1v) is 7.30. The minimum Gasteiger partial charge on any atom is -0.374 e. The van der Waals surface area contributed by atoms with Gasteiger partial charge in [-0.05, 0) is 47.0 Å². The average molecular weight is 273 g/mol. The smallest absolute Gasteiger partial charge is 0.0649 e. The first kappa shape index (κ1) is 18.9. The Hall–Kier alpha value is -0.120. The summed E-state index contributed by atoms with van der Waals surface area (Å²) in [4.78, 5) is 0. The fraction of sp³-hybridized carbons (Fsp3) is 1.00. The van der Waals surface area contributed by atoms with E-state index in [2.05, 4.69) is 67.6 Å². The summed E-state index contributed by atoms with van der Waals surface area (Å²) >= 11 is 0. The average Bonchev–Trinajstić information content (AvgIpc) is 2.11. The van der Waals surface area contributed by atoms with Gasteiger partial charge in [0.2, 0.25) is 0 Å². The molecule has 0 saturated carbocycles. The summed E-state index contributed by atoms with van der Waals surface area (Å²) in [5.74, 6) is 0. The molecule has 3 nitrogen and oxygen atoms in total. The van der Waals surface area contributed by atoms with Gasteiger partial charge in [0, 0.05) is 6.54 Å². The van der Waals surface area contributed by atoms with E-state index in [0.717, 1.165) is 6.54 Å². The maximum atomic E-state index is 5.88. The van der Waals surface area contributed by atoms with E-state index in [0.29, 0.717) is 13.2 Å². The summed E-state index contributed by atoms with van der Waals surface area (Å²) in [7, 11) is 0. The quantitative estimate of drug-likeness (QED) is 0.802. The molecule has 19 heavy (non-hydrogen) atoms. The minimum atomic E-state index is -0.108. The monoisotopic (exact) mass is 273 g/mol. The maximum absolute atomic E-state index is 5.88. The summed E-state index contributed by atoms with van der Waals surface area (Å²) in [6, 6.07) is 0.234. The van der Waals surface area contributed by atoms with Crippen LogP contribution in [0.25, 0.3) is 0 Å². The van der Waals surface area contributed by atoms with E-state index >= 15 is 0 Å². The zero-order valence-corrected chi connectivity index (χ0v) is 14.5. The molecule has 0 aromatic carbocycles. The zero-order valence-electron chi connectivity index (χ0n) is 14.5. The lowest BCUT2D eigenvalue weighted by Gasteiger charge is -2.30. The lowest BCUT2D eigenvalue weighted by Crippen LogP contribution is -2.44. The molecule has 0 bridgehead atoms. The summed E-state index contributed by atoms with van der Waals surface area (Å²) in [5, 5.41) is 3.55. The van der Waals surface area contributed by atoms with Gasteiger partial charge in [0.25, 0.3) is 0 Å². The molecular weight excluding hydrogens is 238 g/mol. The van der Waals surface area contributed by atoms with Crippen LogP contribution >= 0.6 is 0 Å². The highest BCUT2D eigenvalue weighted by molar-refractivity contribution is 4.74. The fourth-order valence-corrected chi connectivity index (χ4v) is 1.32. The molecule has 0 unspecified atom stereocenters. The minimum absolute atomic E-state index is 0.108. The first-order valence-electron chi connectivity index (χ1n) is 7.30. The van der Waals surface area contributed by atoms with Crippen LogP contribution in [0.15, 0.2) is 0 Å². The van der Waals surface area contributed by atoms with Crippen LogP contribution in [-0.2, 0) is 9.47 Å². The molecule has 1 N–H and O–H groups in total. The first-order chi connectivity index (χ1) is 8.29. The molecule has 0 fully saturated rings. The van der Waals surface area contributed by atoms with Gasteiger partial charge in [0.05, 0.1) is 30.5 Å². The second-order valence-electron chi connectivity index (χ2n) is 8.49. The van der Waals surface area contributed by atoms with Crippen LogP contribution in [0.3, 0.4) is 0 Å². The number of hydrogen-bond acceptors (Lipinski definition) is 3. The van der Waals surface area contributed by atoms with Crippen molar-refractivity contribution in [3.05, 3.63) is 0 Å². The predicted octanol–water partition coefficient (Wildman–Crippen LogP) is 3.62. The Labute approximate surface area is 120 Å². The van der Waals surface area contributed by atoms with Gasteiger partial charge in [-0.3, -0.25) is 0 Å². The van der Waals surface area contributed by atoms with E-state index in [4.69, 9.17) is 9.47 Å². The van der Waals surface area contributed by atoms with E-state index < -0.39 is 0 Å². The van der Waals surface area contributed by atoms with E-state index in [1.165, 1.54) is 0 Å². The van der Waals surface area contributed by atoms with Gasteiger partial charge in [0.1, 0.15) is 0 Å². The molecule has 0 heterocycles. The van der Waals surface area contributed by atoms with Crippen LogP contribution in [0.5, 0.6) is 0 Å². The highest BCUT2D eigenvalue weighted by atomic mass is 16.5. The molecule has 0 aromatic heterocycles. The molecule has 0 amide bonds. The van der Waals surface area contributed by atoms with Gasteiger partial charge >= 0.3 is 0 Å². The molecule has 0 saturated heterocycles. The Bertz CT molecular complexity index is 200. The summed E-state index contributed by atoms with van der Waals surface area (Å²) in [6.07, 6.45) is 0. The lowest BCUT2D eigenvalue weighted by atomic mass is 9.96. The van der Waals surface area contributed by atoms with Gasteiger partial charge in [-0.1, -0.05) is 20.8 Å². The Kier molecular flexibility index (Phi) is 7.01. The summed E-state index contributed by atoms with van der Waals surface area (Å²) < 4.78 is 11.8. The highest BCUT2D eigenvalue weighted by Crippen LogP contribution is 2.13. The van der Waals surface area contributed by atoms with E-state index in [1.807, 2.05) is 0 Å². The van der Waals surface area contributed by atoms with Gasteiger partial charge < -0.3 is 14.8 Å². The third-order valence-corrected chi connectivity index (χ3v) is 2.36. The molecule has 0 spiro atoms. The molecule has 3 heteroatoms. The number of nitrogens with one attached hydrogen (secondary N) is 1. The normalized spacial score (nSPS) is 14.2. The van der Waals surface area contributed by atoms with Crippen LogP contribution in [0.2, 0.25) is 0 Å². The Morgan fingerprint density at radius 1 is 0.737 bits per heavy atom. The SMILES string of the molecule is CC(C)(C)CNC(COC(C)(C)C)COC(C)(C)C. The number of rotatable bonds is 6. The van der Waals surface area contributed by atoms with Crippen LogP contribution in [0.1, 0.15) is 62.3 Å². The maximum Gasteiger partial charge on any atom is 0.0649 e. The van der Waals surface area contributed by atoms with Gasteiger partial charge in [-0.2, -0.15) is 0 Å². The molecule has 0 aliphatic rings. The Morgan fingerprint density at radius 3 is 1.37 bits per heavy atom. The third kappa shape index (κ3) is 14.1. The van der Waals surface area contributed by atoms with Crippen molar-refractivity contribution in [2.45, 2.75) is 79.6 Å². The molecule has 0 radical (unpaired) electrons. The van der Waals surface area contributed by atoms with Crippen molar-refractivity contribution in [2.75, 3.05) is 19.8 Å². The molecule has 0 aliphatic heterocycles. The summed E-state index contributed by atoms with van der Waals surface area (Å²) in [6.45, 7) is 21.5. The third-order valence-electron chi connectivity index (χ3n) is 2.36. The second kappa shape index (κ2) is 7.05. The molecular formula is C16H35NO2. The summed E-state index contributed by atoms with van der Waals surface area (Å²) in [5.41, 5.74) is 0.0501. The van der Waals surface area contributed by atoms with Crippen LogP contribution in [0.4, 0.5) is 0 Å². The van der Waals surface area contributed by atoms with E-state index in [1.54, 1.807) is 0 Å². The van der Waals surface area contributed by atoms with Crippen LogP contribution < -0.4 is 5.32 Å². The molecule has 116 valence electrons. The lowest BCUT2D eigenvalue weighted by molar-refractivity contribution is -0.0561. The van der Waals surface area contributed by atoms with Crippen molar-refractivity contribution in [1.82, 2.24) is 5.32 Å². The molecule has 0 aromatic rings. The molecule has 0 atom stereocenters.